The molecule has 0 spiro atoms. The maximum absolute atomic E-state index is 14.5. The fourth-order valence-electron chi connectivity index (χ4n) is 17.6. The summed E-state index contributed by atoms with van der Waals surface area (Å²) in [6.07, 6.45) is 15.5. The van der Waals surface area contributed by atoms with Gasteiger partial charge >= 0.3 is 6.09 Å². The van der Waals surface area contributed by atoms with E-state index in [0.717, 1.165) is 46.1 Å². The van der Waals surface area contributed by atoms with Crippen LogP contribution in [0, 0.1) is 29.6 Å². The van der Waals surface area contributed by atoms with Gasteiger partial charge in [0.1, 0.15) is 47.6 Å². The Morgan fingerprint density at radius 2 is 1.29 bits per heavy atom. The summed E-state index contributed by atoms with van der Waals surface area (Å²) in [4.78, 5) is 103. The number of amides is 3. The van der Waals surface area contributed by atoms with Crippen molar-refractivity contribution in [1.82, 2.24) is 44.8 Å². The van der Waals surface area contributed by atoms with Crippen molar-refractivity contribution in [3.8, 4) is 11.3 Å². The van der Waals surface area contributed by atoms with Crippen LogP contribution in [0.1, 0.15) is 142 Å². The molecule has 4 aromatic heterocycles. The second-order valence-corrected chi connectivity index (χ2v) is 35.8. The number of aromatic nitrogens is 6. The zero-order valence-electron chi connectivity index (χ0n) is 80.8. The molecule has 3 amide bonds. The first-order valence-electron chi connectivity index (χ1n) is 48.4. The molecular weight excluding hydrogens is 1760 g/mol. The number of ether oxygens (including phenoxy) is 17. The summed E-state index contributed by atoms with van der Waals surface area (Å²) in [7, 11) is 3.14. The fraction of sp³-hybridized carbons (Fsp3) is 0.677. The molecule has 136 heavy (non-hydrogen) atoms. The number of H-pyrrole nitrogens is 1. The summed E-state index contributed by atoms with van der Waals surface area (Å²) in [5, 5.41) is 44.0. The Bertz CT molecular complexity index is 4590. The van der Waals surface area contributed by atoms with Crippen LogP contribution in [0.2, 0.25) is 0 Å². The minimum absolute atomic E-state index is 0.0421. The third-order valence-corrected chi connectivity index (χ3v) is 25.6. The highest BCUT2D eigenvalue weighted by molar-refractivity contribution is 6.39. The first-order valence-corrected chi connectivity index (χ1v) is 48.4. The van der Waals surface area contributed by atoms with Crippen LogP contribution in [-0.2, 0) is 124 Å². The highest BCUT2D eigenvalue weighted by Crippen LogP contribution is 2.39. The van der Waals surface area contributed by atoms with Gasteiger partial charge in [0, 0.05) is 100 Å². The van der Waals surface area contributed by atoms with E-state index in [1.807, 2.05) is 72.1 Å². The van der Waals surface area contributed by atoms with Crippen LogP contribution in [0.4, 0.5) is 10.6 Å². The molecule has 15 atom stereocenters. The zero-order valence-corrected chi connectivity index (χ0v) is 80.8. The van der Waals surface area contributed by atoms with Crippen molar-refractivity contribution in [2.24, 2.45) is 35.3 Å². The largest absolute Gasteiger partial charge is 0.443 e. The maximum atomic E-state index is 14.5. The molecule has 756 valence electrons. The molecule has 2 unspecified atom stereocenters. The maximum Gasteiger partial charge on any atom is 0.407 e. The van der Waals surface area contributed by atoms with E-state index in [0.29, 0.717) is 265 Å². The Labute approximate surface area is 798 Å². The zero-order chi connectivity index (χ0) is 97.0. The predicted octanol–water partition coefficient (Wildman–Crippen LogP) is 7.91. The van der Waals surface area contributed by atoms with E-state index in [9.17, 15) is 44.1 Å². The van der Waals surface area contributed by atoms with Gasteiger partial charge in [-0.3, -0.25) is 24.0 Å². The van der Waals surface area contributed by atoms with Crippen LogP contribution in [0.25, 0.3) is 33.3 Å². The molecule has 1 aromatic carbocycles. The number of anilines is 1. The fourth-order valence-corrected chi connectivity index (χ4v) is 17.6. The van der Waals surface area contributed by atoms with E-state index in [1.54, 1.807) is 48.1 Å². The number of aliphatic hydroxyl groups excluding tert-OH is 2. The summed E-state index contributed by atoms with van der Waals surface area (Å²) in [5.41, 5.74) is 20.9. The van der Waals surface area contributed by atoms with Crippen molar-refractivity contribution in [2.45, 2.75) is 205 Å². The number of hydrogen-bond acceptors (Lipinski definition) is 32. The number of rotatable bonds is 48. The number of nitrogens with two attached hydrogens (primary N) is 2. The SMILES string of the molecule is CO[C@H]1C[C@@H]2CC[C@@H](C)[C@@](O)(O2)C(=O)C(=O)N2CCCC[C@H]2CO[C@H]([C@H](N)CC2CC[C@@H](OC(=O)NCCOCCOCCOCCOCCOCCOCCOCCOCCOCCOCCOCCOCCC(=O)N3CCc4cc(Cn5nc(-c6cnc7[nH]ccc7c6)c6c(N)ncnc65)ccc4C3)[C@H](OC)C2)CC(=O)C(C)/C=C(\C)[C@@H](O)[C@@H](O)C(=O)[C@H](C)C[C@H](C)/C=C/C=C/C=C/1C. The monoisotopic (exact) mass is 1910 g/mol. The van der Waals surface area contributed by atoms with Crippen LogP contribution in [0.15, 0.2) is 96.7 Å². The van der Waals surface area contributed by atoms with Crippen molar-refractivity contribution < 1.29 is 125 Å². The summed E-state index contributed by atoms with van der Waals surface area (Å²) >= 11 is 0. The van der Waals surface area contributed by atoms with Gasteiger partial charge in [-0.25, -0.2) is 24.4 Å². The first kappa shape index (κ1) is 110. The number of Topliss-reactive ketones (excluding diaryl/α,β-unsaturated/α-hetero) is 3. The van der Waals surface area contributed by atoms with E-state index in [1.165, 1.54) is 22.9 Å². The molecule has 8 heterocycles. The summed E-state index contributed by atoms with van der Waals surface area (Å²) in [6, 6.07) is 9.02. The van der Waals surface area contributed by atoms with Crippen molar-refractivity contribution in [3.63, 3.8) is 0 Å². The standard InChI is InChI=1S/C99H149N11O26/c1-67-14-10-9-11-15-68(2)84(120-7)60-80-21-17-72(6)99(119,136-80)93(116)97(117)109-28-13-12-16-79(109)65-134-85(61-82(111)69(3)55-71(5)91(114)92(115)90(113)70(4)54-67)81(100)57-73-19-22-83(86(58-73)121-8)135-98(118)103-27-31-123-33-35-125-37-39-127-41-43-129-45-47-131-49-51-133-53-52-132-50-48-130-46-44-128-42-40-126-38-36-124-34-32-122-30-25-87(112)108-29-24-75-56-74(18-20-77(75)64-108)63-110-96-88(94(101)105-66-106-96)89(107-110)78-59-76-23-26-102-95(76)104-62-78/h9-11,14-15,18,20,23,26,55-56,59,62,66-67,69-70,72-73,79-81,83-86,91-92,114-115,119H,12-13,16-17,19,21-22,24-25,27-54,57-58,60-61,63-65,100H2,1-8H3,(H,102,104)(H,103,118)(H2,101,105,106)/b11-9+,14-10+,68-15+,71-55+/t67-,69?,70-,72-,73?,79+,80+,81-,83-,84+,85+,86-,91-,92+,99-/m1/s1. The van der Waals surface area contributed by atoms with Gasteiger partial charge in [-0.05, 0) is 136 Å². The minimum atomic E-state index is -2.39. The lowest BCUT2D eigenvalue weighted by molar-refractivity contribution is -0.265. The number of alkyl carbamates (subject to hydrolysis) is 1. The number of aromatic amines is 1. The molecule has 5 aromatic rings. The number of nitrogens with zero attached hydrogens (tertiary/aromatic N) is 7. The molecular formula is C99H149N11O26. The van der Waals surface area contributed by atoms with Gasteiger partial charge in [0.2, 0.25) is 11.7 Å². The second kappa shape index (κ2) is 59.3. The molecule has 2 saturated heterocycles. The van der Waals surface area contributed by atoms with E-state index in [2.05, 4.69) is 43.5 Å². The third-order valence-electron chi connectivity index (χ3n) is 25.6. The Hall–Kier alpha value is -8.36. The Kier molecular flexibility index (Phi) is 47.8. The lowest BCUT2D eigenvalue weighted by atomic mass is 9.80. The first-order chi connectivity index (χ1) is 65.9. The van der Waals surface area contributed by atoms with Gasteiger partial charge in [-0.2, -0.15) is 5.10 Å². The summed E-state index contributed by atoms with van der Waals surface area (Å²) in [6.45, 7) is 22.1. The summed E-state index contributed by atoms with van der Waals surface area (Å²) < 4.78 is 99.8. The molecule has 5 aliphatic rings. The molecule has 2 bridgehead atoms. The molecule has 1 aliphatic carbocycles. The lowest BCUT2D eigenvalue weighted by Crippen LogP contribution is -2.60. The van der Waals surface area contributed by atoms with E-state index >= 15 is 0 Å². The lowest BCUT2D eigenvalue weighted by Gasteiger charge is -2.43. The van der Waals surface area contributed by atoms with E-state index < -0.39 is 102 Å². The normalized spacial score (nSPS) is 26.0. The van der Waals surface area contributed by atoms with E-state index in [-0.39, 0.29) is 61.8 Å². The van der Waals surface area contributed by atoms with Crippen molar-refractivity contribution >= 4 is 63.1 Å². The average molecular weight is 1910 g/mol. The van der Waals surface area contributed by atoms with Crippen molar-refractivity contribution in [3.05, 3.63) is 113 Å². The number of carbonyl (C=O) groups is 6. The highest BCUT2D eigenvalue weighted by Gasteiger charge is 2.53. The van der Waals surface area contributed by atoms with Gasteiger partial charge in [0.15, 0.2) is 11.4 Å². The van der Waals surface area contributed by atoms with Crippen LogP contribution < -0.4 is 16.8 Å². The Balaban J connectivity index is 0.491. The van der Waals surface area contributed by atoms with E-state index in [4.69, 9.17) is 97.1 Å². The van der Waals surface area contributed by atoms with Crippen LogP contribution in [0.5, 0.6) is 0 Å². The minimum Gasteiger partial charge on any atom is -0.443 e. The number of pyridine rings is 1. The Morgan fingerprint density at radius 1 is 0.662 bits per heavy atom. The number of hydrogen-bond donors (Lipinski definition) is 7. The number of ketones is 3. The summed E-state index contributed by atoms with van der Waals surface area (Å²) in [5.74, 6) is -6.91. The molecule has 9 N–H and O–H groups in total. The van der Waals surface area contributed by atoms with Gasteiger partial charge in [-0.15, -0.1) is 0 Å². The molecule has 3 fully saturated rings. The molecule has 4 aliphatic heterocycles. The molecule has 10 rings (SSSR count). The number of nitrogen functional groups attached to an aromatic ring is 1. The van der Waals surface area contributed by atoms with Gasteiger partial charge in [0.05, 0.1) is 214 Å². The second-order valence-electron chi connectivity index (χ2n) is 35.8. The molecule has 37 heteroatoms. The van der Waals surface area contributed by atoms with Gasteiger partial charge in [-0.1, -0.05) is 82.4 Å². The van der Waals surface area contributed by atoms with Crippen LogP contribution in [-0.4, -0.2) is 350 Å². The number of benzene rings is 1. The van der Waals surface area contributed by atoms with Crippen LogP contribution >= 0.6 is 0 Å². The predicted molar refractivity (Wildman–Crippen MR) is 505 cm³/mol. The number of methoxy groups -OCH3 is 2. The topological polar surface area (TPSA) is 463 Å². The van der Waals surface area contributed by atoms with Gasteiger partial charge < -0.3 is 127 Å². The number of fused-ring (bicyclic) bond motifs is 6. The van der Waals surface area contributed by atoms with Crippen molar-refractivity contribution in [2.75, 3.05) is 205 Å². The smallest absolute Gasteiger partial charge is 0.407 e. The number of allylic oxidation sites excluding steroid dienone is 6. The van der Waals surface area contributed by atoms with Crippen LogP contribution in [0.3, 0.4) is 0 Å². The number of nitrogens with one attached hydrogen (secondary N) is 2. The number of carbonyl (C=O) groups excluding carboxylic acids is 6. The molecule has 1 saturated carbocycles. The van der Waals surface area contributed by atoms with Gasteiger partial charge in [0.25, 0.3) is 11.7 Å². The average Bonchev–Trinajstić information content (AvgIpc) is 1.79. The highest BCUT2D eigenvalue weighted by atomic mass is 16.6. The number of piperidine rings is 1. The molecule has 0 radical (unpaired) electrons. The third kappa shape index (κ3) is 35.2. The quantitative estimate of drug-likeness (QED) is 0.0110. The number of aliphatic hydroxyl groups is 3. The Morgan fingerprint density at radius 3 is 1.91 bits per heavy atom. The molecule has 37 nitrogen and oxygen atoms in total. The van der Waals surface area contributed by atoms with Crippen molar-refractivity contribution in [1.29, 1.82) is 0 Å².